The number of halogens is 1. The van der Waals surface area contributed by atoms with Gasteiger partial charge in [0.1, 0.15) is 0 Å². The highest BCUT2D eigenvalue weighted by molar-refractivity contribution is 9.10. The number of benzene rings is 2. The van der Waals surface area contributed by atoms with Crippen molar-refractivity contribution in [1.29, 1.82) is 0 Å². The standard InChI is InChI=1S/C20H22BrN/c21-20-14-8-7-11-18(20)16-22(19-12-5-2-6-13-19)15-17-9-3-1-4-10-17/h1,3-5,7-12,14,19H,2,6,13,15-16H2. The maximum atomic E-state index is 3.69. The highest BCUT2D eigenvalue weighted by Crippen LogP contribution is 2.24. The molecule has 0 aromatic heterocycles. The summed E-state index contributed by atoms with van der Waals surface area (Å²) in [5.74, 6) is 0. The summed E-state index contributed by atoms with van der Waals surface area (Å²) < 4.78 is 1.20. The van der Waals surface area contributed by atoms with Gasteiger partial charge in [-0.15, -0.1) is 0 Å². The van der Waals surface area contributed by atoms with Crippen LogP contribution in [0.25, 0.3) is 0 Å². The highest BCUT2D eigenvalue weighted by Gasteiger charge is 2.19. The largest absolute Gasteiger partial charge is 0.288 e. The third-order valence-corrected chi connectivity index (χ3v) is 5.03. The van der Waals surface area contributed by atoms with Crippen molar-refractivity contribution in [1.82, 2.24) is 4.90 Å². The fourth-order valence-corrected chi connectivity index (χ4v) is 3.46. The summed E-state index contributed by atoms with van der Waals surface area (Å²) in [4.78, 5) is 2.59. The van der Waals surface area contributed by atoms with Crippen molar-refractivity contribution in [3.8, 4) is 0 Å². The normalized spacial score (nSPS) is 17.8. The first-order chi connectivity index (χ1) is 10.8. The summed E-state index contributed by atoms with van der Waals surface area (Å²) in [7, 11) is 0. The number of rotatable bonds is 5. The Bertz CT molecular complexity index is 621. The monoisotopic (exact) mass is 355 g/mol. The molecule has 114 valence electrons. The topological polar surface area (TPSA) is 3.24 Å². The van der Waals surface area contributed by atoms with E-state index >= 15 is 0 Å². The van der Waals surface area contributed by atoms with Gasteiger partial charge in [-0.1, -0.05) is 76.6 Å². The van der Waals surface area contributed by atoms with Gasteiger partial charge in [-0.05, 0) is 36.5 Å². The first-order valence-corrected chi connectivity index (χ1v) is 8.80. The maximum Gasteiger partial charge on any atom is 0.0285 e. The van der Waals surface area contributed by atoms with Crippen LogP contribution in [-0.2, 0) is 13.1 Å². The Morgan fingerprint density at radius 2 is 1.73 bits per heavy atom. The quantitative estimate of drug-likeness (QED) is 0.634. The SMILES string of the molecule is Brc1ccccc1CN(Cc1ccccc1)C1C=CCCC1. The second-order valence-electron chi connectivity index (χ2n) is 5.91. The van der Waals surface area contributed by atoms with Crippen molar-refractivity contribution in [3.05, 3.63) is 82.3 Å². The van der Waals surface area contributed by atoms with Crippen molar-refractivity contribution >= 4 is 15.9 Å². The molecule has 0 heterocycles. The molecule has 1 unspecified atom stereocenters. The molecule has 0 radical (unpaired) electrons. The van der Waals surface area contributed by atoms with Gasteiger partial charge in [0.2, 0.25) is 0 Å². The number of hydrogen-bond acceptors (Lipinski definition) is 1. The van der Waals surface area contributed by atoms with Gasteiger partial charge in [0, 0.05) is 23.6 Å². The molecule has 2 aromatic rings. The Hall–Kier alpha value is -1.38. The lowest BCUT2D eigenvalue weighted by atomic mass is 10.00. The van der Waals surface area contributed by atoms with E-state index in [1.54, 1.807) is 0 Å². The van der Waals surface area contributed by atoms with E-state index in [2.05, 4.69) is 87.6 Å². The van der Waals surface area contributed by atoms with Gasteiger partial charge in [0.25, 0.3) is 0 Å². The van der Waals surface area contributed by atoms with Crippen molar-refractivity contribution in [2.24, 2.45) is 0 Å². The average molecular weight is 356 g/mol. The van der Waals surface area contributed by atoms with E-state index < -0.39 is 0 Å². The fraction of sp³-hybridized carbons (Fsp3) is 0.300. The molecular weight excluding hydrogens is 334 g/mol. The van der Waals surface area contributed by atoms with Crippen LogP contribution in [0, 0.1) is 0 Å². The molecule has 2 heteroatoms. The second-order valence-corrected chi connectivity index (χ2v) is 6.76. The lowest BCUT2D eigenvalue weighted by Crippen LogP contribution is -2.34. The second kappa shape index (κ2) is 7.75. The van der Waals surface area contributed by atoms with Crippen molar-refractivity contribution in [2.45, 2.75) is 38.4 Å². The van der Waals surface area contributed by atoms with Gasteiger partial charge in [-0.3, -0.25) is 4.90 Å². The number of allylic oxidation sites excluding steroid dienone is 1. The van der Waals surface area contributed by atoms with Crippen LogP contribution in [0.2, 0.25) is 0 Å². The predicted molar refractivity (Wildman–Crippen MR) is 96.6 cm³/mol. The molecule has 0 aliphatic heterocycles. The average Bonchev–Trinajstić information content (AvgIpc) is 2.58. The van der Waals surface area contributed by atoms with Crippen LogP contribution in [-0.4, -0.2) is 10.9 Å². The van der Waals surface area contributed by atoms with Gasteiger partial charge >= 0.3 is 0 Å². The van der Waals surface area contributed by atoms with Gasteiger partial charge in [-0.25, -0.2) is 0 Å². The summed E-state index contributed by atoms with van der Waals surface area (Å²) in [5.41, 5.74) is 2.74. The van der Waals surface area contributed by atoms with E-state index in [-0.39, 0.29) is 0 Å². The number of nitrogens with zero attached hydrogens (tertiary/aromatic N) is 1. The molecule has 0 N–H and O–H groups in total. The zero-order valence-electron chi connectivity index (χ0n) is 12.8. The van der Waals surface area contributed by atoms with Gasteiger partial charge in [-0.2, -0.15) is 0 Å². The Morgan fingerprint density at radius 3 is 2.45 bits per heavy atom. The van der Waals surface area contributed by atoms with Crippen LogP contribution < -0.4 is 0 Å². The molecule has 2 aromatic carbocycles. The smallest absolute Gasteiger partial charge is 0.0285 e. The molecule has 0 bridgehead atoms. The third-order valence-electron chi connectivity index (χ3n) is 4.26. The van der Waals surface area contributed by atoms with Crippen LogP contribution in [0.4, 0.5) is 0 Å². The fourth-order valence-electron chi connectivity index (χ4n) is 3.05. The Balaban J connectivity index is 1.81. The minimum Gasteiger partial charge on any atom is -0.288 e. The molecule has 1 aliphatic rings. The summed E-state index contributed by atoms with van der Waals surface area (Å²) in [6.07, 6.45) is 8.51. The van der Waals surface area contributed by atoms with Crippen molar-refractivity contribution in [2.75, 3.05) is 0 Å². The van der Waals surface area contributed by atoms with Crippen LogP contribution in [0.3, 0.4) is 0 Å². The van der Waals surface area contributed by atoms with E-state index in [0.717, 1.165) is 13.1 Å². The third kappa shape index (κ3) is 4.08. The van der Waals surface area contributed by atoms with Crippen LogP contribution in [0.1, 0.15) is 30.4 Å². The van der Waals surface area contributed by atoms with Gasteiger partial charge in [0.15, 0.2) is 0 Å². The van der Waals surface area contributed by atoms with Crippen molar-refractivity contribution in [3.63, 3.8) is 0 Å². The summed E-state index contributed by atoms with van der Waals surface area (Å²) in [6.45, 7) is 1.97. The molecule has 0 saturated heterocycles. The summed E-state index contributed by atoms with van der Waals surface area (Å²) in [6, 6.07) is 19.9. The number of hydrogen-bond donors (Lipinski definition) is 0. The van der Waals surface area contributed by atoms with E-state index in [0.29, 0.717) is 6.04 Å². The Morgan fingerprint density at radius 1 is 0.955 bits per heavy atom. The first kappa shape index (κ1) is 15.5. The Labute approximate surface area is 141 Å². The molecule has 22 heavy (non-hydrogen) atoms. The molecule has 1 atom stereocenters. The van der Waals surface area contributed by atoms with Gasteiger partial charge in [0.05, 0.1) is 0 Å². The summed E-state index contributed by atoms with van der Waals surface area (Å²) in [5, 5.41) is 0. The predicted octanol–water partition coefficient (Wildman–Crippen LogP) is 5.56. The first-order valence-electron chi connectivity index (χ1n) is 8.01. The molecule has 0 spiro atoms. The maximum absolute atomic E-state index is 3.69. The molecule has 0 fully saturated rings. The lowest BCUT2D eigenvalue weighted by molar-refractivity contribution is 0.196. The van der Waals surface area contributed by atoms with Gasteiger partial charge < -0.3 is 0 Å². The molecular formula is C20H22BrN. The summed E-state index contributed by atoms with van der Waals surface area (Å²) >= 11 is 3.69. The van der Waals surface area contributed by atoms with Crippen molar-refractivity contribution < 1.29 is 0 Å². The van der Waals surface area contributed by atoms with E-state index in [4.69, 9.17) is 0 Å². The van der Waals surface area contributed by atoms with Crippen LogP contribution in [0.15, 0.2) is 71.2 Å². The highest BCUT2D eigenvalue weighted by atomic mass is 79.9. The molecule has 1 nitrogen and oxygen atoms in total. The van der Waals surface area contributed by atoms with Crippen LogP contribution >= 0.6 is 15.9 Å². The molecule has 0 amide bonds. The molecule has 3 rings (SSSR count). The minimum atomic E-state index is 0.543. The zero-order chi connectivity index (χ0) is 15.2. The van der Waals surface area contributed by atoms with E-state index in [9.17, 15) is 0 Å². The van der Waals surface area contributed by atoms with Crippen LogP contribution in [0.5, 0.6) is 0 Å². The molecule has 1 aliphatic carbocycles. The lowest BCUT2D eigenvalue weighted by Gasteiger charge is -2.32. The Kier molecular flexibility index (Phi) is 5.47. The van der Waals surface area contributed by atoms with E-state index in [1.807, 2.05) is 0 Å². The molecule has 0 saturated carbocycles. The zero-order valence-corrected chi connectivity index (χ0v) is 14.4. The minimum absolute atomic E-state index is 0.543. The van der Waals surface area contributed by atoms with E-state index in [1.165, 1.54) is 34.9 Å².